The lowest BCUT2D eigenvalue weighted by molar-refractivity contribution is 0.428. The summed E-state index contributed by atoms with van der Waals surface area (Å²) in [6.45, 7) is 0. The molecule has 0 radical (unpaired) electrons. The van der Waals surface area contributed by atoms with Gasteiger partial charge < -0.3 is 4.52 Å². The first-order valence-corrected chi connectivity index (χ1v) is 4.78. The summed E-state index contributed by atoms with van der Waals surface area (Å²) in [5.74, 6) is -0.375. The van der Waals surface area contributed by atoms with Crippen LogP contribution < -0.4 is 0 Å². The number of nitrogens with zero attached hydrogens (tertiary/aromatic N) is 2. The van der Waals surface area contributed by atoms with E-state index >= 15 is 0 Å². The van der Waals surface area contributed by atoms with Crippen molar-refractivity contribution in [1.82, 2.24) is 10.1 Å². The lowest BCUT2D eigenvalue weighted by Crippen LogP contribution is -1.83. The van der Waals surface area contributed by atoms with Crippen molar-refractivity contribution >= 4 is 27.5 Å². The number of hydrogen-bond acceptors (Lipinski definition) is 3. The first-order valence-electron chi connectivity index (χ1n) is 3.61. The van der Waals surface area contributed by atoms with Gasteiger partial charge >= 0.3 is 0 Å². The molecule has 2 aromatic rings. The second kappa shape index (κ2) is 3.67. The molecule has 0 atom stereocenters. The van der Waals surface area contributed by atoms with E-state index in [9.17, 15) is 4.39 Å². The highest BCUT2D eigenvalue weighted by molar-refractivity contribution is 9.10. The predicted octanol–water partition coefficient (Wildman–Crippen LogP) is 3.29. The zero-order valence-corrected chi connectivity index (χ0v) is 9.01. The van der Waals surface area contributed by atoms with Gasteiger partial charge in [-0.3, -0.25) is 0 Å². The van der Waals surface area contributed by atoms with Gasteiger partial charge in [0, 0.05) is 4.47 Å². The van der Waals surface area contributed by atoms with E-state index in [0.29, 0.717) is 4.47 Å². The van der Waals surface area contributed by atoms with E-state index in [1.807, 2.05) is 0 Å². The monoisotopic (exact) mass is 276 g/mol. The molecule has 1 aromatic heterocycles. The highest BCUT2D eigenvalue weighted by Crippen LogP contribution is 2.24. The highest BCUT2D eigenvalue weighted by Gasteiger charge is 2.12. The third kappa shape index (κ3) is 1.78. The van der Waals surface area contributed by atoms with Gasteiger partial charge in [0.15, 0.2) is 0 Å². The van der Waals surface area contributed by atoms with Gasteiger partial charge in [-0.25, -0.2) is 4.39 Å². The van der Waals surface area contributed by atoms with Crippen LogP contribution in [-0.4, -0.2) is 10.1 Å². The van der Waals surface area contributed by atoms with Crippen LogP contribution in [0, 0.1) is 5.82 Å². The number of benzene rings is 1. The van der Waals surface area contributed by atoms with E-state index in [0.717, 1.165) is 0 Å². The van der Waals surface area contributed by atoms with Gasteiger partial charge in [-0.1, -0.05) is 15.9 Å². The Kier molecular flexibility index (Phi) is 2.52. The average molecular weight is 277 g/mol. The summed E-state index contributed by atoms with van der Waals surface area (Å²) in [6, 6.07) is 4.52. The summed E-state index contributed by atoms with van der Waals surface area (Å²) in [5.41, 5.74) is 0.229. The van der Waals surface area contributed by atoms with Crippen molar-refractivity contribution in [2.24, 2.45) is 0 Å². The fraction of sp³-hybridized carbons (Fsp3) is 0. The SMILES string of the molecule is Fc1cc(Br)ccc1-c1nc(Cl)no1. The minimum Gasteiger partial charge on any atom is -0.333 e. The molecule has 0 amide bonds. The Balaban J connectivity index is 2.52. The van der Waals surface area contributed by atoms with Gasteiger partial charge in [0.1, 0.15) is 5.82 Å². The third-order valence-electron chi connectivity index (χ3n) is 1.56. The van der Waals surface area contributed by atoms with Crippen LogP contribution in [-0.2, 0) is 0 Å². The number of rotatable bonds is 1. The number of aromatic nitrogens is 2. The van der Waals surface area contributed by atoms with E-state index in [4.69, 9.17) is 16.1 Å². The van der Waals surface area contributed by atoms with Crippen molar-refractivity contribution in [2.45, 2.75) is 0 Å². The minimum absolute atomic E-state index is 0.0395. The maximum Gasteiger partial charge on any atom is 0.264 e. The van der Waals surface area contributed by atoms with Crippen LogP contribution >= 0.6 is 27.5 Å². The summed E-state index contributed by atoms with van der Waals surface area (Å²) < 4.78 is 18.7. The van der Waals surface area contributed by atoms with Crippen molar-refractivity contribution in [3.05, 3.63) is 33.8 Å². The zero-order valence-electron chi connectivity index (χ0n) is 6.67. The largest absolute Gasteiger partial charge is 0.333 e. The Morgan fingerprint density at radius 2 is 2.21 bits per heavy atom. The summed E-state index contributed by atoms with van der Waals surface area (Å²) in [6.07, 6.45) is 0. The standard InChI is InChI=1S/C8H3BrClFN2O/c9-4-1-2-5(6(11)3-4)7-12-8(10)13-14-7/h1-3H. The van der Waals surface area contributed by atoms with E-state index < -0.39 is 5.82 Å². The van der Waals surface area contributed by atoms with Gasteiger partial charge in [0.05, 0.1) is 5.56 Å². The molecule has 0 N–H and O–H groups in total. The molecule has 0 spiro atoms. The van der Waals surface area contributed by atoms with E-state index in [1.54, 1.807) is 6.07 Å². The van der Waals surface area contributed by atoms with Crippen LogP contribution in [0.3, 0.4) is 0 Å². The normalized spacial score (nSPS) is 10.5. The van der Waals surface area contributed by atoms with Crippen LogP contribution in [0.5, 0.6) is 0 Å². The maximum atomic E-state index is 13.3. The summed E-state index contributed by atoms with van der Waals surface area (Å²) in [7, 11) is 0. The molecule has 2 rings (SSSR count). The average Bonchev–Trinajstić information content (AvgIpc) is 2.51. The second-order valence-electron chi connectivity index (χ2n) is 2.49. The van der Waals surface area contributed by atoms with Crippen LogP contribution in [0.4, 0.5) is 4.39 Å². The van der Waals surface area contributed by atoms with Gasteiger partial charge in [-0.15, -0.1) is 0 Å². The Labute approximate surface area is 92.0 Å². The molecule has 0 saturated heterocycles. The summed E-state index contributed by atoms with van der Waals surface area (Å²) in [5, 5.41) is 3.32. The second-order valence-corrected chi connectivity index (χ2v) is 3.75. The Morgan fingerprint density at radius 3 is 2.79 bits per heavy atom. The molecule has 72 valence electrons. The van der Waals surface area contributed by atoms with Crippen molar-refractivity contribution in [1.29, 1.82) is 0 Å². The molecule has 1 heterocycles. The first-order chi connectivity index (χ1) is 6.66. The molecule has 0 aliphatic rings. The molecule has 0 aliphatic heterocycles. The quantitative estimate of drug-likeness (QED) is 0.803. The van der Waals surface area contributed by atoms with Gasteiger partial charge in [0.25, 0.3) is 11.2 Å². The maximum absolute atomic E-state index is 13.3. The Morgan fingerprint density at radius 1 is 1.43 bits per heavy atom. The molecule has 0 unspecified atom stereocenters. The summed E-state index contributed by atoms with van der Waals surface area (Å²) >= 11 is 8.59. The Bertz CT molecular complexity index is 474. The molecule has 0 saturated carbocycles. The van der Waals surface area contributed by atoms with Gasteiger partial charge in [-0.2, -0.15) is 4.98 Å². The highest BCUT2D eigenvalue weighted by atomic mass is 79.9. The fourth-order valence-electron chi connectivity index (χ4n) is 0.978. The number of hydrogen-bond donors (Lipinski definition) is 0. The molecule has 0 aliphatic carbocycles. The third-order valence-corrected chi connectivity index (χ3v) is 2.21. The fourth-order valence-corrected chi connectivity index (χ4v) is 1.42. The lowest BCUT2D eigenvalue weighted by atomic mass is 10.2. The van der Waals surface area contributed by atoms with Gasteiger partial charge in [0.2, 0.25) is 0 Å². The van der Waals surface area contributed by atoms with Crippen LogP contribution in [0.1, 0.15) is 0 Å². The lowest BCUT2D eigenvalue weighted by Gasteiger charge is -1.96. The van der Waals surface area contributed by atoms with Crippen molar-refractivity contribution in [3.63, 3.8) is 0 Å². The molecule has 0 bridgehead atoms. The Hall–Kier alpha value is -0.940. The molecule has 3 nitrogen and oxygen atoms in total. The molecular weight excluding hydrogens is 274 g/mol. The predicted molar refractivity (Wildman–Crippen MR) is 52.4 cm³/mol. The molecule has 0 fully saturated rings. The van der Waals surface area contributed by atoms with Crippen molar-refractivity contribution in [3.8, 4) is 11.5 Å². The summed E-state index contributed by atoms with van der Waals surface area (Å²) in [4.78, 5) is 3.70. The molecule has 1 aromatic carbocycles. The van der Waals surface area contributed by atoms with Gasteiger partial charge in [-0.05, 0) is 35.0 Å². The van der Waals surface area contributed by atoms with Crippen molar-refractivity contribution < 1.29 is 8.91 Å². The first kappa shape index (κ1) is 9.61. The van der Waals surface area contributed by atoms with Crippen LogP contribution in [0.25, 0.3) is 11.5 Å². The van der Waals surface area contributed by atoms with Crippen LogP contribution in [0.2, 0.25) is 5.28 Å². The molecular formula is C8H3BrClFN2O. The molecule has 14 heavy (non-hydrogen) atoms. The van der Waals surface area contributed by atoms with E-state index in [1.165, 1.54) is 12.1 Å². The number of halogens is 3. The van der Waals surface area contributed by atoms with Crippen molar-refractivity contribution in [2.75, 3.05) is 0 Å². The topological polar surface area (TPSA) is 38.9 Å². The van der Waals surface area contributed by atoms with E-state index in [-0.39, 0.29) is 16.7 Å². The van der Waals surface area contributed by atoms with E-state index in [2.05, 4.69) is 26.1 Å². The zero-order chi connectivity index (χ0) is 10.1. The minimum atomic E-state index is -0.445. The molecule has 6 heteroatoms. The van der Waals surface area contributed by atoms with Crippen LogP contribution in [0.15, 0.2) is 27.2 Å². The smallest absolute Gasteiger partial charge is 0.264 e.